The molecule has 0 bridgehead atoms. The van der Waals surface area contributed by atoms with Crippen LogP contribution in [0.3, 0.4) is 0 Å². The number of nitrogen functional groups attached to an aromatic ring is 1. The van der Waals surface area contributed by atoms with Gasteiger partial charge in [-0.2, -0.15) is 0 Å². The van der Waals surface area contributed by atoms with Crippen LogP contribution >= 0.6 is 0 Å². The van der Waals surface area contributed by atoms with E-state index in [-0.39, 0.29) is 17.4 Å². The van der Waals surface area contributed by atoms with Crippen LogP contribution in [0.5, 0.6) is 0 Å². The Kier molecular flexibility index (Phi) is 2.55. The molecule has 1 heterocycles. The molecule has 1 unspecified atom stereocenters. The van der Waals surface area contributed by atoms with E-state index in [2.05, 4.69) is 29.6 Å². The molecule has 1 amide bonds. The van der Waals surface area contributed by atoms with E-state index in [1.807, 2.05) is 0 Å². The molecule has 1 aromatic rings. The van der Waals surface area contributed by atoms with E-state index in [4.69, 9.17) is 5.84 Å². The van der Waals surface area contributed by atoms with Crippen molar-refractivity contribution in [1.29, 1.82) is 0 Å². The topological polar surface area (TPSA) is 80.0 Å². The number of carbonyl (C=O) groups excluding carboxylic acids is 1. The molecule has 2 rings (SSSR count). The Hall–Kier alpha value is -1.62. The van der Waals surface area contributed by atoms with E-state index in [9.17, 15) is 4.79 Å². The highest BCUT2D eigenvalue weighted by Crippen LogP contribution is 2.44. The van der Waals surface area contributed by atoms with Crippen molar-refractivity contribution in [1.82, 2.24) is 10.3 Å². The summed E-state index contributed by atoms with van der Waals surface area (Å²) in [5.74, 6) is 5.57. The van der Waals surface area contributed by atoms with Crippen LogP contribution in [0.25, 0.3) is 0 Å². The quantitative estimate of drug-likeness (QED) is 0.522. The molecular weight excluding hydrogens is 204 g/mol. The van der Waals surface area contributed by atoms with Crippen LogP contribution in [0.4, 0.5) is 5.82 Å². The Morgan fingerprint density at radius 1 is 1.56 bits per heavy atom. The van der Waals surface area contributed by atoms with Gasteiger partial charge in [-0.15, -0.1) is 0 Å². The van der Waals surface area contributed by atoms with Crippen LogP contribution in [-0.2, 0) is 0 Å². The number of nitrogens with one attached hydrogen (secondary N) is 2. The van der Waals surface area contributed by atoms with Crippen molar-refractivity contribution in [3.05, 3.63) is 23.9 Å². The number of carbonyl (C=O) groups is 1. The highest BCUT2D eigenvalue weighted by molar-refractivity contribution is 5.93. The number of hydrogen-bond donors (Lipinski definition) is 3. The van der Waals surface area contributed by atoms with Crippen molar-refractivity contribution in [2.24, 2.45) is 11.3 Å². The number of hydrazine groups is 1. The first-order valence-corrected chi connectivity index (χ1v) is 5.27. The second-order valence-electron chi connectivity index (χ2n) is 4.77. The first kappa shape index (κ1) is 10.9. The SMILES string of the molecule is CC1(C)CC1NC(=O)c1cccc(NN)n1. The van der Waals surface area contributed by atoms with Crippen LogP contribution in [0.1, 0.15) is 30.8 Å². The van der Waals surface area contributed by atoms with Gasteiger partial charge in [0, 0.05) is 6.04 Å². The van der Waals surface area contributed by atoms with Crippen molar-refractivity contribution >= 4 is 11.7 Å². The number of pyridine rings is 1. The standard InChI is InChI=1S/C11H16N4O/c1-11(2)6-8(11)14-10(16)7-4-3-5-9(13-7)15-12/h3-5,8H,6,12H2,1-2H3,(H,13,15)(H,14,16). The van der Waals surface area contributed by atoms with E-state index in [0.717, 1.165) is 6.42 Å². The van der Waals surface area contributed by atoms with Crippen molar-refractivity contribution in [3.8, 4) is 0 Å². The van der Waals surface area contributed by atoms with Gasteiger partial charge in [-0.1, -0.05) is 19.9 Å². The molecule has 0 spiro atoms. The number of aromatic nitrogens is 1. The van der Waals surface area contributed by atoms with E-state index in [1.165, 1.54) is 0 Å². The Morgan fingerprint density at radius 2 is 2.25 bits per heavy atom. The van der Waals surface area contributed by atoms with E-state index in [0.29, 0.717) is 11.5 Å². The zero-order chi connectivity index (χ0) is 11.8. The van der Waals surface area contributed by atoms with E-state index >= 15 is 0 Å². The minimum Gasteiger partial charge on any atom is -0.347 e. The highest BCUT2D eigenvalue weighted by Gasteiger charge is 2.46. The average molecular weight is 220 g/mol. The summed E-state index contributed by atoms with van der Waals surface area (Å²) in [4.78, 5) is 15.9. The number of nitrogens with zero attached hydrogens (tertiary/aromatic N) is 1. The lowest BCUT2D eigenvalue weighted by atomic mass is 10.2. The van der Waals surface area contributed by atoms with Crippen molar-refractivity contribution in [2.45, 2.75) is 26.3 Å². The van der Waals surface area contributed by atoms with Gasteiger partial charge in [0.15, 0.2) is 0 Å². The number of hydrogen-bond acceptors (Lipinski definition) is 4. The fraction of sp³-hybridized carbons (Fsp3) is 0.455. The summed E-state index contributed by atoms with van der Waals surface area (Å²) in [6.07, 6.45) is 1.02. The predicted octanol–water partition coefficient (Wildman–Crippen LogP) is 0.895. The molecule has 0 radical (unpaired) electrons. The normalized spacial score (nSPS) is 21.3. The molecular formula is C11H16N4O. The third-order valence-electron chi connectivity index (χ3n) is 2.95. The number of amides is 1. The zero-order valence-electron chi connectivity index (χ0n) is 9.45. The van der Waals surface area contributed by atoms with Gasteiger partial charge in [0.25, 0.3) is 5.91 Å². The summed E-state index contributed by atoms with van der Waals surface area (Å²) in [5.41, 5.74) is 3.03. The Morgan fingerprint density at radius 3 is 2.81 bits per heavy atom. The number of anilines is 1. The largest absolute Gasteiger partial charge is 0.347 e. The molecule has 0 aromatic carbocycles. The van der Waals surface area contributed by atoms with Crippen LogP contribution in [0.2, 0.25) is 0 Å². The van der Waals surface area contributed by atoms with Gasteiger partial charge < -0.3 is 10.7 Å². The van der Waals surface area contributed by atoms with E-state index in [1.54, 1.807) is 18.2 Å². The fourth-order valence-electron chi connectivity index (χ4n) is 1.59. The third-order valence-corrected chi connectivity index (χ3v) is 2.95. The lowest BCUT2D eigenvalue weighted by molar-refractivity contribution is 0.0941. The molecule has 5 heteroatoms. The van der Waals surface area contributed by atoms with Gasteiger partial charge in [-0.05, 0) is 24.0 Å². The highest BCUT2D eigenvalue weighted by atomic mass is 16.2. The molecule has 86 valence electrons. The maximum absolute atomic E-state index is 11.8. The maximum Gasteiger partial charge on any atom is 0.270 e. The van der Waals surface area contributed by atoms with Crippen LogP contribution in [0, 0.1) is 5.41 Å². The van der Waals surface area contributed by atoms with Crippen molar-refractivity contribution < 1.29 is 4.79 Å². The maximum atomic E-state index is 11.8. The molecule has 1 aromatic heterocycles. The first-order valence-electron chi connectivity index (χ1n) is 5.27. The molecule has 5 nitrogen and oxygen atoms in total. The molecule has 1 fully saturated rings. The van der Waals surface area contributed by atoms with Crippen LogP contribution in [0.15, 0.2) is 18.2 Å². The van der Waals surface area contributed by atoms with Crippen molar-refractivity contribution in [3.63, 3.8) is 0 Å². The van der Waals surface area contributed by atoms with Gasteiger partial charge in [0.1, 0.15) is 11.5 Å². The lowest BCUT2D eigenvalue weighted by Gasteiger charge is -2.07. The molecule has 1 aliphatic carbocycles. The second kappa shape index (κ2) is 3.75. The molecule has 1 aliphatic rings. The Balaban J connectivity index is 2.04. The smallest absolute Gasteiger partial charge is 0.270 e. The zero-order valence-corrected chi connectivity index (χ0v) is 9.45. The Bertz CT molecular complexity index is 416. The molecule has 1 saturated carbocycles. The Labute approximate surface area is 94.4 Å². The van der Waals surface area contributed by atoms with Crippen LogP contribution < -0.4 is 16.6 Å². The summed E-state index contributed by atoms with van der Waals surface area (Å²) < 4.78 is 0. The summed E-state index contributed by atoms with van der Waals surface area (Å²) >= 11 is 0. The summed E-state index contributed by atoms with van der Waals surface area (Å²) in [5, 5.41) is 2.94. The first-order chi connectivity index (χ1) is 7.53. The van der Waals surface area contributed by atoms with Gasteiger partial charge >= 0.3 is 0 Å². The van der Waals surface area contributed by atoms with Gasteiger partial charge in [-0.25, -0.2) is 10.8 Å². The summed E-state index contributed by atoms with van der Waals surface area (Å²) in [6, 6.07) is 5.38. The van der Waals surface area contributed by atoms with Gasteiger partial charge in [0.05, 0.1) is 0 Å². The van der Waals surface area contributed by atoms with Gasteiger partial charge in [-0.3, -0.25) is 4.79 Å². The van der Waals surface area contributed by atoms with Crippen molar-refractivity contribution in [2.75, 3.05) is 5.43 Å². The minimum atomic E-state index is -0.146. The third kappa shape index (κ3) is 2.14. The summed E-state index contributed by atoms with van der Waals surface area (Å²) in [7, 11) is 0. The molecule has 4 N–H and O–H groups in total. The molecule has 0 saturated heterocycles. The molecule has 1 atom stereocenters. The monoisotopic (exact) mass is 220 g/mol. The number of nitrogens with two attached hydrogens (primary N) is 1. The lowest BCUT2D eigenvalue weighted by Crippen LogP contribution is -2.29. The second-order valence-corrected chi connectivity index (χ2v) is 4.77. The molecule has 0 aliphatic heterocycles. The molecule has 16 heavy (non-hydrogen) atoms. The van der Waals surface area contributed by atoms with E-state index < -0.39 is 0 Å². The predicted molar refractivity (Wildman–Crippen MR) is 61.7 cm³/mol. The average Bonchev–Trinajstić information content (AvgIpc) is 2.86. The minimum absolute atomic E-state index is 0.146. The van der Waals surface area contributed by atoms with Crippen LogP contribution in [-0.4, -0.2) is 16.9 Å². The van der Waals surface area contributed by atoms with Gasteiger partial charge in [0.2, 0.25) is 0 Å². The fourth-order valence-corrected chi connectivity index (χ4v) is 1.59. The summed E-state index contributed by atoms with van der Waals surface area (Å²) in [6.45, 7) is 4.26. The number of rotatable bonds is 3.